The molecular weight excluding hydrogens is 540 g/mol. The van der Waals surface area contributed by atoms with Crippen molar-refractivity contribution in [3.05, 3.63) is 82.1 Å². The number of imide groups is 1. The molecule has 0 spiro atoms. The molecule has 0 fully saturated rings. The van der Waals surface area contributed by atoms with Gasteiger partial charge in [0.1, 0.15) is 0 Å². The average molecular weight is 550 g/mol. The molecule has 2 aromatic carbocycles. The van der Waals surface area contributed by atoms with E-state index in [4.69, 9.17) is 11.6 Å². The number of rotatable bonds is 4. The summed E-state index contributed by atoms with van der Waals surface area (Å²) in [5, 5.41) is -0.216. The fourth-order valence-corrected chi connectivity index (χ4v) is 4.84. The van der Waals surface area contributed by atoms with E-state index in [1.54, 1.807) is 0 Å². The van der Waals surface area contributed by atoms with Gasteiger partial charge < -0.3 is 0 Å². The Morgan fingerprint density at radius 3 is 2.08 bits per heavy atom. The molecule has 7 nitrogen and oxygen atoms in total. The van der Waals surface area contributed by atoms with E-state index in [1.165, 1.54) is 24.5 Å². The summed E-state index contributed by atoms with van der Waals surface area (Å²) in [5.41, 5.74) is -5.65. The molecule has 1 aromatic heterocycles. The number of carbonyl (C=O) groups excluding carboxylic acids is 2. The molecule has 15 heteroatoms. The van der Waals surface area contributed by atoms with Crippen LogP contribution in [-0.4, -0.2) is 25.2 Å². The van der Waals surface area contributed by atoms with E-state index in [1.807, 2.05) is 4.72 Å². The van der Waals surface area contributed by atoms with Gasteiger partial charge in [-0.05, 0) is 42.5 Å². The standard InChI is InChI=1S/C21H10ClF6N3O4S/c22-14-5-6-15(17-16(14)18(32)31(19(17)33)10-2-1-7-29-9-10)30-36(34,35)11-3-4-12(20(23,24)25)13(8-11)21(26,27)28/h1-9,30H. The summed E-state index contributed by atoms with van der Waals surface area (Å²) in [7, 11) is -4.97. The third-order valence-corrected chi connectivity index (χ3v) is 6.73. The summed E-state index contributed by atoms with van der Waals surface area (Å²) in [6.07, 6.45) is -8.38. The van der Waals surface area contributed by atoms with Crippen LogP contribution in [0.2, 0.25) is 5.02 Å². The SMILES string of the molecule is O=C1c2c(Cl)ccc(NS(=O)(=O)c3ccc(C(F)(F)F)c(C(F)(F)F)c3)c2C(=O)N1c1cccnc1. The number of hydrogen-bond donors (Lipinski definition) is 1. The molecule has 0 unspecified atom stereocenters. The normalized spacial score (nSPS) is 14.2. The molecule has 0 saturated carbocycles. The van der Waals surface area contributed by atoms with Crippen molar-refractivity contribution in [1.82, 2.24) is 4.98 Å². The minimum absolute atomic E-state index is 0.0114. The molecule has 1 aliphatic rings. The minimum Gasteiger partial charge on any atom is -0.279 e. The summed E-state index contributed by atoms with van der Waals surface area (Å²) < 4.78 is 107. The van der Waals surface area contributed by atoms with Gasteiger partial charge in [0, 0.05) is 6.20 Å². The number of nitrogens with zero attached hydrogens (tertiary/aromatic N) is 2. The van der Waals surface area contributed by atoms with Crippen molar-refractivity contribution in [1.29, 1.82) is 0 Å². The van der Waals surface area contributed by atoms with Crippen LogP contribution in [0.25, 0.3) is 0 Å². The van der Waals surface area contributed by atoms with E-state index >= 15 is 0 Å². The summed E-state index contributed by atoms with van der Waals surface area (Å²) in [6.45, 7) is 0. The van der Waals surface area contributed by atoms with Crippen LogP contribution >= 0.6 is 11.6 Å². The molecular formula is C21H10ClF6N3O4S. The van der Waals surface area contributed by atoms with E-state index in [0.29, 0.717) is 11.0 Å². The zero-order valence-corrected chi connectivity index (χ0v) is 18.8. The van der Waals surface area contributed by atoms with Gasteiger partial charge in [-0.25, -0.2) is 13.3 Å². The van der Waals surface area contributed by atoms with E-state index in [0.717, 1.165) is 12.1 Å². The van der Waals surface area contributed by atoms with Gasteiger partial charge in [-0.1, -0.05) is 11.6 Å². The zero-order valence-electron chi connectivity index (χ0n) is 17.3. The number of sulfonamides is 1. The predicted octanol–water partition coefficient (Wildman–Crippen LogP) is 5.37. The molecule has 2 heterocycles. The van der Waals surface area contributed by atoms with E-state index < -0.39 is 61.5 Å². The van der Waals surface area contributed by atoms with Crippen LogP contribution in [0.1, 0.15) is 31.8 Å². The fourth-order valence-electron chi connectivity index (χ4n) is 3.51. The number of carbonyl (C=O) groups is 2. The average Bonchev–Trinajstić information content (AvgIpc) is 3.06. The molecule has 188 valence electrons. The Hall–Kier alpha value is -3.65. The molecule has 0 saturated heterocycles. The zero-order chi connectivity index (χ0) is 26.6. The van der Waals surface area contributed by atoms with Gasteiger partial charge in [0.05, 0.1) is 49.7 Å². The highest BCUT2D eigenvalue weighted by molar-refractivity contribution is 7.92. The molecule has 0 radical (unpaired) electrons. The van der Waals surface area contributed by atoms with Gasteiger partial charge in [-0.15, -0.1) is 0 Å². The predicted molar refractivity (Wildman–Crippen MR) is 114 cm³/mol. The van der Waals surface area contributed by atoms with Crippen molar-refractivity contribution in [2.45, 2.75) is 17.2 Å². The third-order valence-electron chi connectivity index (χ3n) is 5.05. The van der Waals surface area contributed by atoms with Crippen LogP contribution in [-0.2, 0) is 22.4 Å². The topological polar surface area (TPSA) is 96.4 Å². The Balaban J connectivity index is 1.79. The molecule has 0 aliphatic carbocycles. The summed E-state index contributed by atoms with van der Waals surface area (Å²) in [4.78, 5) is 29.2. The highest BCUT2D eigenvalue weighted by Crippen LogP contribution is 2.42. The first-order valence-corrected chi connectivity index (χ1v) is 11.4. The molecule has 1 aliphatic heterocycles. The molecule has 0 bridgehead atoms. The number of pyridine rings is 1. The minimum atomic E-state index is -5.52. The Labute approximate surface area is 203 Å². The molecule has 4 rings (SSSR count). The number of halogens is 7. The van der Waals surface area contributed by atoms with Crippen LogP contribution in [0, 0.1) is 0 Å². The van der Waals surface area contributed by atoms with Crippen molar-refractivity contribution in [3.8, 4) is 0 Å². The highest BCUT2D eigenvalue weighted by atomic mass is 35.5. The van der Waals surface area contributed by atoms with E-state index in [2.05, 4.69) is 4.98 Å². The lowest BCUT2D eigenvalue weighted by Crippen LogP contribution is -2.29. The van der Waals surface area contributed by atoms with Gasteiger partial charge in [0.2, 0.25) is 0 Å². The summed E-state index contributed by atoms with van der Waals surface area (Å²) >= 11 is 6.05. The van der Waals surface area contributed by atoms with Gasteiger partial charge >= 0.3 is 12.4 Å². The monoisotopic (exact) mass is 549 g/mol. The maximum absolute atomic E-state index is 13.3. The number of alkyl halides is 6. The second-order valence-corrected chi connectivity index (χ2v) is 9.40. The Morgan fingerprint density at radius 2 is 1.50 bits per heavy atom. The van der Waals surface area contributed by atoms with Gasteiger partial charge in [-0.3, -0.25) is 19.3 Å². The molecule has 2 amide bonds. The summed E-state index contributed by atoms with van der Waals surface area (Å²) in [5.74, 6) is -1.92. The van der Waals surface area contributed by atoms with E-state index in [9.17, 15) is 44.3 Å². The van der Waals surface area contributed by atoms with E-state index in [-0.39, 0.29) is 28.4 Å². The van der Waals surface area contributed by atoms with Crippen LogP contribution in [0.3, 0.4) is 0 Å². The second kappa shape index (κ2) is 8.48. The molecule has 0 atom stereocenters. The number of amides is 2. The van der Waals surface area contributed by atoms with Crippen molar-refractivity contribution >= 4 is 44.8 Å². The van der Waals surface area contributed by atoms with Crippen LogP contribution in [0.15, 0.2) is 59.8 Å². The maximum Gasteiger partial charge on any atom is 0.417 e. The molecule has 1 N–H and O–H groups in total. The molecule has 36 heavy (non-hydrogen) atoms. The number of anilines is 2. The van der Waals surface area contributed by atoms with Gasteiger partial charge in [0.25, 0.3) is 21.8 Å². The Kier molecular flexibility index (Phi) is 5.99. The first-order chi connectivity index (χ1) is 16.6. The number of benzene rings is 2. The van der Waals surface area contributed by atoms with Crippen molar-refractivity contribution in [3.63, 3.8) is 0 Å². The van der Waals surface area contributed by atoms with Gasteiger partial charge in [0.15, 0.2) is 0 Å². The lowest BCUT2D eigenvalue weighted by Gasteiger charge is -2.17. The Bertz CT molecular complexity index is 1510. The summed E-state index contributed by atoms with van der Waals surface area (Å²) in [6, 6.07) is 5.01. The number of nitrogens with one attached hydrogen (secondary N) is 1. The number of aromatic nitrogens is 1. The van der Waals surface area contributed by atoms with Crippen molar-refractivity contribution < 1.29 is 44.3 Å². The lowest BCUT2D eigenvalue weighted by atomic mass is 10.1. The lowest BCUT2D eigenvalue weighted by molar-refractivity contribution is -0.162. The van der Waals surface area contributed by atoms with Gasteiger partial charge in [-0.2, -0.15) is 26.3 Å². The van der Waals surface area contributed by atoms with Crippen LogP contribution in [0.4, 0.5) is 37.7 Å². The largest absolute Gasteiger partial charge is 0.417 e. The third kappa shape index (κ3) is 4.37. The quantitative estimate of drug-likeness (QED) is 0.348. The van der Waals surface area contributed by atoms with Crippen molar-refractivity contribution in [2.75, 3.05) is 9.62 Å². The first-order valence-electron chi connectivity index (χ1n) is 9.55. The second-order valence-electron chi connectivity index (χ2n) is 7.31. The first kappa shape index (κ1) is 25.4. The van der Waals surface area contributed by atoms with Crippen molar-refractivity contribution in [2.24, 2.45) is 0 Å². The van der Waals surface area contributed by atoms with Crippen LogP contribution in [0.5, 0.6) is 0 Å². The number of hydrogen-bond acceptors (Lipinski definition) is 5. The maximum atomic E-state index is 13.3. The smallest absolute Gasteiger partial charge is 0.279 e. The fraction of sp³-hybridized carbons (Fsp3) is 0.0952. The number of fused-ring (bicyclic) bond motifs is 1. The molecule has 3 aromatic rings. The van der Waals surface area contributed by atoms with Crippen LogP contribution < -0.4 is 9.62 Å². The Morgan fingerprint density at radius 1 is 0.861 bits per heavy atom. The highest BCUT2D eigenvalue weighted by Gasteiger charge is 2.44.